The third-order valence-corrected chi connectivity index (χ3v) is 7.45. The number of fused-ring (bicyclic) bond motifs is 1. The number of aliphatic carboxylic acids is 1. The summed E-state index contributed by atoms with van der Waals surface area (Å²) < 4.78 is 29.2. The number of carboxylic acids is 1. The van der Waals surface area contributed by atoms with E-state index in [0.717, 1.165) is 26.7 Å². The fourth-order valence-corrected chi connectivity index (χ4v) is 5.20. The first-order valence-electron chi connectivity index (χ1n) is 10.5. The molecule has 0 bridgehead atoms. The second-order valence-electron chi connectivity index (χ2n) is 7.78. The minimum atomic E-state index is -3.81. The van der Waals surface area contributed by atoms with Gasteiger partial charge < -0.3 is 10.0 Å². The number of sulfonamides is 1. The molecular weight excluding hydrogens is 484 g/mol. The second-order valence-corrected chi connectivity index (χ2v) is 10.6. The van der Waals surface area contributed by atoms with Crippen LogP contribution in [-0.2, 0) is 14.8 Å². The average molecular weight is 507 g/mol. The number of benzene rings is 3. The number of anilines is 2. The van der Waals surface area contributed by atoms with Crippen molar-refractivity contribution in [3.8, 4) is 0 Å². The summed E-state index contributed by atoms with van der Waals surface area (Å²) >= 11 is 1.42. The van der Waals surface area contributed by atoms with E-state index in [1.165, 1.54) is 29.5 Å². The lowest BCUT2D eigenvalue weighted by Crippen LogP contribution is -2.12. The van der Waals surface area contributed by atoms with Crippen molar-refractivity contribution in [2.75, 3.05) is 23.7 Å². The summed E-state index contributed by atoms with van der Waals surface area (Å²) in [4.78, 5) is 13.6. The second kappa shape index (κ2) is 10.1. The van der Waals surface area contributed by atoms with Crippen molar-refractivity contribution in [2.24, 2.45) is 10.2 Å². The Morgan fingerprint density at radius 2 is 1.57 bits per heavy atom. The maximum absolute atomic E-state index is 12.9. The van der Waals surface area contributed by atoms with Gasteiger partial charge in [-0.05, 0) is 84.3 Å². The first-order valence-corrected chi connectivity index (χ1v) is 12.8. The zero-order chi connectivity index (χ0) is 25.0. The summed E-state index contributed by atoms with van der Waals surface area (Å²) in [6, 6.07) is 20.7. The van der Waals surface area contributed by atoms with Crippen LogP contribution < -0.4 is 9.62 Å². The number of thiophene rings is 1. The van der Waals surface area contributed by atoms with Gasteiger partial charge >= 0.3 is 5.97 Å². The van der Waals surface area contributed by atoms with Crippen LogP contribution in [0.1, 0.15) is 4.88 Å². The molecule has 178 valence electrons. The average Bonchev–Trinajstić information content (AvgIpc) is 3.24. The van der Waals surface area contributed by atoms with E-state index >= 15 is 0 Å². The lowest BCUT2D eigenvalue weighted by atomic mass is 10.2. The number of azo groups is 1. The highest BCUT2D eigenvalue weighted by Crippen LogP contribution is 2.30. The Bertz CT molecular complexity index is 1520. The SMILES string of the molecule is CN(C)c1ccc(/N=N/c2ccc(S(=O)(=O)Nc3ccc4sc(C=CC(=O)O)cc4c3)cc2)cc1. The van der Waals surface area contributed by atoms with Gasteiger partial charge in [-0.2, -0.15) is 10.2 Å². The molecule has 0 fully saturated rings. The lowest BCUT2D eigenvalue weighted by Gasteiger charge is -2.11. The van der Waals surface area contributed by atoms with Crippen molar-refractivity contribution in [3.05, 3.63) is 83.7 Å². The summed E-state index contributed by atoms with van der Waals surface area (Å²) in [6.45, 7) is 0. The molecule has 3 aromatic carbocycles. The van der Waals surface area contributed by atoms with Gasteiger partial charge in [0.1, 0.15) is 0 Å². The van der Waals surface area contributed by atoms with Crippen molar-refractivity contribution in [1.82, 2.24) is 0 Å². The van der Waals surface area contributed by atoms with Gasteiger partial charge in [-0.25, -0.2) is 13.2 Å². The molecule has 0 aliphatic rings. The first kappa shape index (κ1) is 24.1. The van der Waals surface area contributed by atoms with Gasteiger partial charge in [-0.15, -0.1) is 11.3 Å². The normalized spacial score (nSPS) is 11.9. The number of hydrogen-bond acceptors (Lipinski definition) is 7. The molecule has 1 aromatic heterocycles. The molecule has 4 rings (SSSR count). The molecule has 0 radical (unpaired) electrons. The van der Waals surface area contributed by atoms with Crippen LogP contribution in [0, 0.1) is 0 Å². The van der Waals surface area contributed by atoms with Crippen molar-refractivity contribution >= 4 is 66.2 Å². The molecule has 0 saturated carbocycles. The van der Waals surface area contributed by atoms with E-state index in [1.54, 1.807) is 30.3 Å². The Morgan fingerprint density at radius 1 is 0.943 bits per heavy atom. The third-order valence-electron chi connectivity index (χ3n) is 4.97. The van der Waals surface area contributed by atoms with Gasteiger partial charge in [0.05, 0.1) is 16.3 Å². The summed E-state index contributed by atoms with van der Waals surface area (Å²) in [7, 11) is 0.108. The van der Waals surface area contributed by atoms with Crippen LogP contribution in [0.4, 0.5) is 22.7 Å². The zero-order valence-electron chi connectivity index (χ0n) is 18.9. The lowest BCUT2D eigenvalue weighted by molar-refractivity contribution is -0.131. The molecule has 0 amide bonds. The zero-order valence-corrected chi connectivity index (χ0v) is 20.5. The largest absolute Gasteiger partial charge is 0.478 e. The fraction of sp³-hybridized carbons (Fsp3) is 0.0800. The molecule has 0 atom stereocenters. The highest BCUT2D eigenvalue weighted by atomic mass is 32.2. The van der Waals surface area contributed by atoms with Crippen molar-refractivity contribution < 1.29 is 18.3 Å². The smallest absolute Gasteiger partial charge is 0.328 e. The van der Waals surface area contributed by atoms with Crippen LogP contribution >= 0.6 is 11.3 Å². The number of nitrogens with one attached hydrogen (secondary N) is 1. The van der Waals surface area contributed by atoms with Crippen LogP contribution in [0.2, 0.25) is 0 Å². The molecule has 0 unspecified atom stereocenters. The Kier molecular flexibility index (Phi) is 6.94. The van der Waals surface area contributed by atoms with Crippen LogP contribution in [0.5, 0.6) is 0 Å². The highest BCUT2D eigenvalue weighted by Gasteiger charge is 2.15. The van der Waals surface area contributed by atoms with E-state index in [2.05, 4.69) is 15.0 Å². The quantitative estimate of drug-likeness (QED) is 0.216. The van der Waals surface area contributed by atoms with Crippen molar-refractivity contribution in [2.45, 2.75) is 4.90 Å². The molecule has 0 aliphatic carbocycles. The van der Waals surface area contributed by atoms with Crippen molar-refractivity contribution in [1.29, 1.82) is 0 Å². The van der Waals surface area contributed by atoms with Crippen molar-refractivity contribution in [3.63, 3.8) is 0 Å². The van der Waals surface area contributed by atoms with Crippen LogP contribution in [0.3, 0.4) is 0 Å². The Labute approximate surface area is 206 Å². The molecule has 0 spiro atoms. The molecule has 2 N–H and O–H groups in total. The van der Waals surface area contributed by atoms with Crippen LogP contribution in [0.25, 0.3) is 16.2 Å². The predicted octanol–water partition coefficient (Wildman–Crippen LogP) is 6.28. The van der Waals surface area contributed by atoms with Crippen LogP contribution in [0.15, 0.2) is 94.0 Å². The van der Waals surface area contributed by atoms with E-state index in [4.69, 9.17) is 5.11 Å². The minimum absolute atomic E-state index is 0.0993. The minimum Gasteiger partial charge on any atom is -0.478 e. The summed E-state index contributed by atoms with van der Waals surface area (Å²) in [5, 5.41) is 18.0. The molecule has 0 aliphatic heterocycles. The monoisotopic (exact) mass is 506 g/mol. The number of carbonyl (C=O) groups is 1. The molecule has 35 heavy (non-hydrogen) atoms. The van der Waals surface area contributed by atoms with E-state index in [0.29, 0.717) is 17.1 Å². The number of carboxylic acid groups (broad SMARTS) is 1. The topological polar surface area (TPSA) is 111 Å². The maximum atomic E-state index is 12.9. The van der Waals surface area contributed by atoms with E-state index in [1.807, 2.05) is 49.3 Å². The Morgan fingerprint density at radius 3 is 2.17 bits per heavy atom. The number of hydrogen-bond donors (Lipinski definition) is 2. The predicted molar refractivity (Wildman–Crippen MR) is 141 cm³/mol. The molecule has 0 saturated heterocycles. The molecule has 1 heterocycles. The highest BCUT2D eigenvalue weighted by molar-refractivity contribution is 7.92. The van der Waals surface area contributed by atoms with E-state index < -0.39 is 16.0 Å². The van der Waals surface area contributed by atoms with Gasteiger partial charge in [0, 0.05) is 41.1 Å². The van der Waals surface area contributed by atoms with E-state index in [9.17, 15) is 13.2 Å². The van der Waals surface area contributed by atoms with Gasteiger partial charge in [-0.3, -0.25) is 4.72 Å². The van der Waals surface area contributed by atoms with E-state index in [-0.39, 0.29) is 4.90 Å². The fourth-order valence-electron chi connectivity index (χ4n) is 3.20. The summed E-state index contributed by atoms with van der Waals surface area (Å²) in [6.07, 6.45) is 2.58. The molecule has 8 nitrogen and oxygen atoms in total. The Balaban J connectivity index is 1.46. The van der Waals surface area contributed by atoms with Gasteiger partial charge in [0.25, 0.3) is 10.0 Å². The summed E-state index contributed by atoms with van der Waals surface area (Å²) in [5.74, 6) is -1.03. The maximum Gasteiger partial charge on any atom is 0.328 e. The first-order chi connectivity index (χ1) is 16.7. The van der Waals surface area contributed by atoms with Crippen LogP contribution in [-0.4, -0.2) is 33.6 Å². The summed E-state index contributed by atoms with van der Waals surface area (Å²) in [5.41, 5.74) is 2.69. The Hall–Kier alpha value is -4.02. The standard InChI is InChI=1S/C25H22N4O4S2/c1-29(2)21-8-3-18(4-9-21)26-27-19-5-11-23(12-6-19)35(32,33)28-20-7-13-24-17(15-20)16-22(34-24)10-14-25(30)31/h3-16,28H,1-2H3,(H,30,31)/b14-10?,27-26+. The van der Waals surface area contributed by atoms with Gasteiger partial charge in [0.15, 0.2) is 0 Å². The molecule has 4 aromatic rings. The third kappa shape index (κ3) is 6.11. The van der Waals surface area contributed by atoms with Gasteiger partial charge in [0.2, 0.25) is 0 Å². The molecular formula is C25H22N4O4S2. The number of rotatable bonds is 8. The molecule has 10 heteroatoms. The van der Waals surface area contributed by atoms with Gasteiger partial charge in [-0.1, -0.05) is 0 Å². The number of nitrogens with zero attached hydrogens (tertiary/aromatic N) is 3.